The van der Waals surface area contributed by atoms with Crippen LogP contribution in [-0.2, 0) is 21.3 Å². The Morgan fingerprint density at radius 1 is 1.18 bits per heavy atom. The minimum atomic E-state index is -1.20. The van der Waals surface area contributed by atoms with Gasteiger partial charge in [-0.05, 0) is 18.2 Å². The standard InChI is InChI=1S/C26H34N8O4S/c1-25(36-3)32(20-9-5-4-6-10-20)24(35)34(33(25)22-17-37-19-38-22)26(31-15-13-27-14-16-31)12-8-7-11-21(26)39-23-29-28-18-30(23)2/h4-12,18,21-22,27H,13-17,19H2,1-3H3. The minimum absolute atomic E-state index is 0.141. The number of para-hydroxylation sites is 1. The van der Waals surface area contributed by atoms with Crippen LogP contribution in [0.5, 0.6) is 0 Å². The molecule has 3 saturated heterocycles. The molecule has 1 N–H and O–H groups in total. The largest absolute Gasteiger partial charge is 0.351 e. The highest BCUT2D eigenvalue weighted by atomic mass is 32.2. The number of hydrazine groups is 1. The van der Waals surface area contributed by atoms with Gasteiger partial charge < -0.3 is 24.1 Å². The van der Waals surface area contributed by atoms with Gasteiger partial charge in [0.25, 0.3) is 0 Å². The fraction of sp³-hybridized carbons (Fsp3) is 0.500. The summed E-state index contributed by atoms with van der Waals surface area (Å²) in [5.74, 6) is -1.20. The molecule has 208 valence electrons. The Hall–Kier alpha value is -2.78. The van der Waals surface area contributed by atoms with Gasteiger partial charge in [0.15, 0.2) is 11.4 Å². The number of amides is 2. The van der Waals surface area contributed by atoms with E-state index >= 15 is 0 Å². The molecule has 4 atom stereocenters. The summed E-state index contributed by atoms with van der Waals surface area (Å²) < 4.78 is 19.9. The first-order valence-corrected chi connectivity index (χ1v) is 13.9. The Bertz CT molecular complexity index is 1230. The second kappa shape index (κ2) is 10.7. The molecule has 2 aromatic rings. The number of nitrogens with one attached hydrogen (secondary N) is 1. The molecule has 0 bridgehead atoms. The lowest BCUT2D eigenvalue weighted by Gasteiger charge is -2.55. The molecular formula is C26H34N8O4S. The zero-order chi connectivity index (χ0) is 27.0. The molecule has 3 fully saturated rings. The monoisotopic (exact) mass is 554 g/mol. The molecule has 1 aliphatic carbocycles. The number of hydrogen-bond acceptors (Lipinski definition) is 10. The second-order valence-corrected chi connectivity index (χ2v) is 11.0. The predicted octanol–water partition coefficient (Wildman–Crippen LogP) is 1.81. The first-order chi connectivity index (χ1) is 19.0. The number of aryl methyl sites for hydroxylation is 1. The lowest BCUT2D eigenvalue weighted by atomic mass is 9.96. The van der Waals surface area contributed by atoms with Crippen molar-refractivity contribution in [3.63, 3.8) is 0 Å². The fourth-order valence-electron chi connectivity index (χ4n) is 5.80. The molecule has 0 spiro atoms. The third-order valence-electron chi connectivity index (χ3n) is 7.73. The minimum Gasteiger partial charge on any atom is -0.351 e. The van der Waals surface area contributed by atoms with Crippen LogP contribution in [0.2, 0.25) is 0 Å². The van der Waals surface area contributed by atoms with Gasteiger partial charge in [0.2, 0.25) is 5.85 Å². The van der Waals surface area contributed by atoms with E-state index in [1.54, 1.807) is 30.1 Å². The normalized spacial score (nSPS) is 32.0. The zero-order valence-corrected chi connectivity index (χ0v) is 23.2. The molecule has 3 aliphatic heterocycles. The predicted molar refractivity (Wildman–Crippen MR) is 145 cm³/mol. The Kier molecular flexibility index (Phi) is 7.22. The number of nitrogens with zero attached hydrogens (tertiary/aromatic N) is 7. The number of piperazine rings is 1. The van der Waals surface area contributed by atoms with Crippen molar-refractivity contribution in [2.24, 2.45) is 7.05 Å². The van der Waals surface area contributed by atoms with E-state index in [2.05, 4.69) is 32.6 Å². The van der Waals surface area contributed by atoms with E-state index in [0.717, 1.165) is 37.0 Å². The number of thioether (sulfide) groups is 1. The van der Waals surface area contributed by atoms with Gasteiger partial charge in [0.1, 0.15) is 18.8 Å². The number of carbonyl (C=O) groups is 1. The summed E-state index contributed by atoms with van der Waals surface area (Å²) in [5, 5.41) is 16.2. The first-order valence-electron chi connectivity index (χ1n) is 13.1. The Morgan fingerprint density at radius 2 is 1.97 bits per heavy atom. The van der Waals surface area contributed by atoms with Gasteiger partial charge in [-0.2, -0.15) is 0 Å². The average Bonchev–Trinajstić information content (AvgIpc) is 3.69. The number of allylic oxidation sites excluding steroid dienone is 2. The fourth-order valence-corrected chi connectivity index (χ4v) is 7.01. The van der Waals surface area contributed by atoms with Gasteiger partial charge in [-0.1, -0.05) is 48.2 Å². The van der Waals surface area contributed by atoms with Crippen molar-refractivity contribution in [2.45, 2.75) is 35.1 Å². The molecule has 13 heteroatoms. The van der Waals surface area contributed by atoms with Crippen molar-refractivity contribution in [2.75, 3.05) is 51.6 Å². The number of hydrogen-bond donors (Lipinski definition) is 1. The summed E-state index contributed by atoms with van der Waals surface area (Å²) in [7, 11) is 3.54. The summed E-state index contributed by atoms with van der Waals surface area (Å²) in [6, 6.07) is 9.39. The quantitative estimate of drug-likeness (QED) is 0.546. The van der Waals surface area contributed by atoms with Crippen LogP contribution in [0.4, 0.5) is 10.5 Å². The van der Waals surface area contributed by atoms with E-state index in [4.69, 9.17) is 14.2 Å². The number of aromatic nitrogens is 3. The van der Waals surface area contributed by atoms with E-state index < -0.39 is 17.7 Å². The van der Waals surface area contributed by atoms with Crippen LogP contribution in [0, 0.1) is 0 Å². The van der Waals surface area contributed by atoms with Gasteiger partial charge in [-0.3, -0.25) is 4.90 Å². The molecule has 4 aliphatic rings. The number of anilines is 1. The van der Waals surface area contributed by atoms with Crippen molar-refractivity contribution in [1.29, 1.82) is 0 Å². The Balaban J connectivity index is 1.54. The SMILES string of the molecule is COC1(C)N(c2ccccc2)C(=O)N(C2(N3CCNCC3)C=CC=CC2Sc2nncn2C)N1C1COCO1. The van der Waals surface area contributed by atoms with E-state index in [1.807, 2.05) is 71.0 Å². The highest BCUT2D eigenvalue weighted by Gasteiger charge is 2.66. The van der Waals surface area contributed by atoms with Crippen molar-refractivity contribution in [3.8, 4) is 0 Å². The molecule has 4 unspecified atom stereocenters. The maximum atomic E-state index is 14.9. The molecule has 4 heterocycles. The molecular weight excluding hydrogens is 520 g/mol. The number of rotatable bonds is 7. The summed E-state index contributed by atoms with van der Waals surface area (Å²) in [5.41, 5.74) is -0.193. The average molecular weight is 555 g/mol. The molecule has 2 amide bonds. The Labute approximate surface area is 232 Å². The van der Waals surface area contributed by atoms with E-state index in [-0.39, 0.29) is 18.1 Å². The second-order valence-electron chi connectivity index (χ2n) is 9.88. The number of urea groups is 1. The summed E-state index contributed by atoms with van der Waals surface area (Å²) in [4.78, 5) is 19.0. The first kappa shape index (κ1) is 26.4. The highest BCUT2D eigenvalue weighted by Crippen LogP contribution is 2.48. The molecule has 0 saturated carbocycles. The maximum absolute atomic E-state index is 14.9. The van der Waals surface area contributed by atoms with Crippen molar-refractivity contribution >= 4 is 23.5 Å². The zero-order valence-electron chi connectivity index (χ0n) is 22.3. The van der Waals surface area contributed by atoms with Gasteiger partial charge in [-0.15, -0.1) is 15.2 Å². The molecule has 12 nitrogen and oxygen atoms in total. The van der Waals surface area contributed by atoms with Gasteiger partial charge in [-0.25, -0.2) is 14.7 Å². The molecule has 1 aromatic carbocycles. The van der Waals surface area contributed by atoms with Crippen molar-refractivity contribution < 1.29 is 19.0 Å². The van der Waals surface area contributed by atoms with E-state index in [0.29, 0.717) is 6.61 Å². The smallest absolute Gasteiger partial charge is 0.344 e. The maximum Gasteiger partial charge on any atom is 0.344 e. The lowest BCUT2D eigenvalue weighted by molar-refractivity contribution is -0.261. The molecule has 39 heavy (non-hydrogen) atoms. The number of carbonyl (C=O) groups excluding carboxylic acids is 1. The van der Waals surface area contributed by atoms with Crippen LogP contribution in [0.25, 0.3) is 0 Å². The van der Waals surface area contributed by atoms with Crippen molar-refractivity contribution in [1.82, 2.24) is 35.0 Å². The Morgan fingerprint density at radius 3 is 2.64 bits per heavy atom. The topological polar surface area (TPSA) is 100 Å². The van der Waals surface area contributed by atoms with Crippen LogP contribution < -0.4 is 10.2 Å². The third-order valence-corrected chi connectivity index (χ3v) is 9.07. The number of benzene rings is 1. The van der Waals surface area contributed by atoms with E-state index in [1.165, 1.54) is 0 Å². The highest BCUT2D eigenvalue weighted by molar-refractivity contribution is 8.00. The molecule has 0 radical (unpaired) electrons. The van der Waals surface area contributed by atoms with E-state index in [9.17, 15) is 4.79 Å². The summed E-state index contributed by atoms with van der Waals surface area (Å²) in [6.07, 6.45) is 9.44. The third kappa shape index (κ3) is 4.29. The number of methoxy groups -OCH3 is 1. The molecule has 6 rings (SSSR count). The molecule has 1 aromatic heterocycles. The van der Waals surface area contributed by atoms with Crippen LogP contribution >= 0.6 is 11.8 Å². The lowest BCUT2D eigenvalue weighted by Crippen LogP contribution is -2.73. The van der Waals surface area contributed by atoms with Gasteiger partial charge in [0.05, 0.1) is 11.9 Å². The van der Waals surface area contributed by atoms with Crippen LogP contribution in [-0.4, -0.2) is 105 Å². The van der Waals surface area contributed by atoms with Gasteiger partial charge >= 0.3 is 6.03 Å². The summed E-state index contributed by atoms with van der Waals surface area (Å²) in [6.45, 7) is 5.42. The van der Waals surface area contributed by atoms with Crippen LogP contribution in [0.15, 0.2) is 66.1 Å². The summed E-state index contributed by atoms with van der Waals surface area (Å²) >= 11 is 1.57. The number of ether oxygens (including phenoxy) is 3. The van der Waals surface area contributed by atoms with Crippen LogP contribution in [0.3, 0.4) is 0 Å². The van der Waals surface area contributed by atoms with Gasteiger partial charge in [0, 0.05) is 52.9 Å². The van der Waals surface area contributed by atoms with Crippen molar-refractivity contribution in [3.05, 3.63) is 61.0 Å². The van der Waals surface area contributed by atoms with Crippen LogP contribution in [0.1, 0.15) is 6.92 Å².